The van der Waals surface area contributed by atoms with Crippen molar-refractivity contribution in [3.8, 4) is 11.5 Å². The second kappa shape index (κ2) is 9.43. The summed E-state index contributed by atoms with van der Waals surface area (Å²) in [7, 11) is -0.852. The van der Waals surface area contributed by atoms with Gasteiger partial charge in [0.2, 0.25) is 0 Å². The molecule has 0 aliphatic carbocycles. The van der Waals surface area contributed by atoms with E-state index in [2.05, 4.69) is 15.4 Å². The summed E-state index contributed by atoms with van der Waals surface area (Å²) in [5.41, 5.74) is 0.805. The first kappa shape index (κ1) is 20.8. The van der Waals surface area contributed by atoms with Crippen LogP contribution >= 0.6 is 12.2 Å². The third-order valence-electron chi connectivity index (χ3n) is 3.62. The largest absolute Gasteiger partial charge is 0.495 e. The summed E-state index contributed by atoms with van der Waals surface area (Å²) in [4.78, 5) is 0.0648. The Morgan fingerprint density at radius 1 is 1.04 bits per heavy atom. The van der Waals surface area contributed by atoms with E-state index in [-0.39, 0.29) is 4.90 Å². The van der Waals surface area contributed by atoms with Crippen LogP contribution in [0.15, 0.2) is 47.4 Å². The van der Waals surface area contributed by atoms with Crippen LogP contribution in [0.2, 0.25) is 0 Å². The summed E-state index contributed by atoms with van der Waals surface area (Å²) in [6.07, 6.45) is 0.913. The van der Waals surface area contributed by atoms with E-state index in [1.54, 1.807) is 30.3 Å². The van der Waals surface area contributed by atoms with Gasteiger partial charge in [0.05, 0.1) is 30.5 Å². The van der Waals surface area contributed by atoms with Gasteiger partial charge in [0.25, 0.3) is 10.0 Å². The van der Waals surface area contributed by atoms with Crippen molar-refractivity contribution in [2.75, 3.05) is 30.8 Å². The molecule has 0 saturated carbocycles. The van der Waals surface area contributed by atoms with E-state index in [4.69, 9.17) is 21.7 Å². The first-order chi connectivity index (χ1) is 12.9. The first-order valence-corrected chi connectivity index (χ1v) is 10.2. The lowest BCUT2D eigenvalue weighted by Crippen LogP contribution is -2.29. The van der Waals surface area contributed by atoms with E-state index in [9.17, 15) is 8.42 Å². The van der Waals surface area contributed by atoms with Gasteiger partial charge in [-0.15, -0.1) is 0 Å². The highest BCUT2D eigenvalue weighted by Gasteiger charge is 2.19. The molecular weight excluding hydrogens is 386 g/mol. The predicted molar refractivity (Wildman–Crippen MR) is 111 cm³/mol. The van der Waals surface area contributed by atoms with Crippen LogP contribution in [0, 0.1) is 0 Å². The maximum Gasteiger partial charge on any atom is 0.262 e. The van der Waals surface area contributed by atoms with Crippen LogP contribution in [0.5, 0.6) is 11.5 Å². The molecule has 0 heterocycles. The van der Waals surface area contributed by atoms with Gasteiger partial charge in [0.15, 0.2) is 5.11 Å². The van der Waals surface area contributed by atoms with Gasteiger partial charge in [-0.2, -0.15) is 0 Å². The van der Waals surface area contributed by atoms with E-state index in [1.165, 1.54) is 26.4 Å². The Hall–Kier alpha value is -2.52. The summed E-state index contributed by atoms with van der Waals surface area (Å²) in [5.74, 6) is 0.907. The molecule has 0 aliphatic rings. The molecule has 0 radical (unpaired) electrons. The number of rotatable bonds is 8. The lowest BCUT2D eigenvalue weighted by molar-refractivity contribution is 0.416. The Morgan fingerprint density at radius 2 is 1.70 bits per heavy atom. The monoisotopic (exact) mass is 409 g/mol. The average molecular weight is 410 g/mol. The molecule has 0 atom stereocenters. The van der Waals surface area contributed by atoms with Gasteiger partial charge in [-0.1, -0.05) is 19.1 Å². The number of methoxy groups -OCH3 is 2. The van der Waals surface area contributed by atoms with E-state index < -0.39 is 10.0 Å². The zero-order valence-electron chi connectivity index (χ0n) is 15.4. The summed E-state index contributed by atoms with van der Waals surface area (Å²) >= 11 is 5.22. The lowest BCUT2D eigenvalue weighted by atomic mass is 10.3. The molecule has 27 heavy (non-hydrogen) atoms. The molecule has 0 fully saturated rings. The lowest BCUT2D eigenvalue weighted by Gasteiger charge is -2.16. The number of benzene rings is 2. The fraction of sp³-hybridized carbons (Fsp3) is 0.278. The molecular formula is C18H23N3O4S2. The molecule has 0 amide bonds. The van der Waals surface area contributed by atoms with Gasteiger partial charge in [-0.3, -0.25) is 4.72 Å². The maximum atomic E-state index is 12.8. The minimum absolute atomic E-state index is 0.0648. The second-order valence-corrected chi connectivity index (χ2v) is 7.64. The van der Waals surface area contributed by atoms with Crippen LogP contribution in [0.25, 0.3) is 0 Å². The Labute approximate surface area is 165 Å². The van der Waals surface area contributed by atoms with Crippen molar-refractivity contribution in [2.24, 2.45) is 0 Å². The molecule has 0 bridgehead atoms. The van der Waals surface area contributed by atoms with Crippen LogP contribution < -0.4 is 24.8 Å². The van der Waals surface area contributed by atoms with Crippen LogP contribution in [0.4, 0.5) is 11.4 Å². The van der Waals surface area contributed by atoms with Gasteiger partial charge in [0, 0.05) is 6.54 Å². The van der Waals surface area contributed by atoms with Crippen LogP contribution in [0.1, 0.15) is 13.3 Å². The van der Waals surface area contributed by atoms with Crippen molar-refractivity contribution in [3.05, 3.63) is 42.5 Å². The summed E-state index contributed by atoms with van der Waals surface area (Å²) in [6.45, 7) is 2.73. The van der Waals surface area contributed by atoms with Gasteiger partial charge >= 0.3 is 0 Å². The maximum absolute atomic E-state index is 12.8. The number of anilines is 2. The standard InChI is InChI=1S/C18H23N3O4S2/c1-4-11-19-18(26)20-15-12-13(9-10-17(15)25-3)27(22,23)21-14-7-5-6-8-16(14)24-2/h5-10,12,21H,4,11H2,1-3H3,(H2,19,20,26). The molecule has 146 valence electrons. The number of hydrogen-bond donors (Lipinski definition) is 3. The van der Waals surface area contributed by atoms with Gasteiger partial charge in [-0.25, -0.2) is 8.42 Å². The van der Waals surface area contributed by atoms with Crippen molar-refractivity contribution in [2.45, 2.75) is 18.2 Å². The fourth-order valence-corrected chi connectivity index (χ4v) is 3.60. The molecule has 9 heteroatoms. The smallest absolute Gasteiger partial charge is 0.262 e. The van der Waals surface area contributed by atoms with Crippen molar-refractivity contribution in [3.63, 3.8) is 0 Å². The van der Waals surface area contributed by atoms with E-state index in [1.807, 2.05) is 6.92 Å². The molecule has 2 aromatic rings. The number of ether oxygens (including phenoxy) is 2. The Bertz CT molecular complexity index is 901. The minimum atomic E-state index is -3.84. The molecule has 7 nitrogen and oxygen atoms in total. The van der Waals surface area contributed by atoms with Gasteiger partial charge < -0.3 is 20.1 Å². The molecule has 2 aromatic carbocycles. The molecule has 0 unspecified atom stereocenters. The number of thiocarbonyl (C=S) groups is 1. The third kappa shape index (κ3) is 5.48. The summed E-state index contributed by atoms with van der Waals surface area (Å²) < 4.78 is 38.6. The summed E-state index contributed by atoms with van der Waals surface area (Å²) in [6, 6.07) is 11.3. The van der Waals surface area contributed by atoms with Gasteiger partial charge in [-0.05, 0) is 49.0 Å². The first-order valence-electron chi connectivity index (χ1n) is 8.30. The Kier molecular flexibility index (Phi) is 7.26. The molecule has 0 spiro atoms. The van der Waals surface area contributed by atoms with Crippen molar-refractivity contribution < 1.29 is 17.9 Å². The number of para-hydroxylation sites is 2. The van der Waals surface area contributed by atoms with Crippen LogP contribution in [0.3, 0.4) is 0 Å². The zero-order valence-corrected chi connectivity index (χ0v) is 17.0. The van der Waals surface area contributed by atoms with Crippen molar-refractivity contribution in [1.29, 1.82) is 0 Å². The van der Waals surface area contributed by atoms with E-state index >= 15 is 0 Å². The molecule has 2 rings (SSSR count). The Balaban J connectivity index is 2.31. The van der Waals surface area contributed by atoms with E-state index in [0.717, 1.165) is 6.42 Å². The highest BCUT2D eigenvalue weighted by Crippen LogP contribution is 2.30. The quantitative estimate of drug-likeness (QED) is 0.577. The van der Waals surface area contributed by atoms with Crippen LogP contribution in [-0.4, -0.2) is 34.3 Å². The Morgan fingerprint density at radius 3 is 2.37 bits per heavy atom. The molecule has 0 aliphatic heterocycles. The highest BCUT2D eigenvalue weighted by molar-refractivity contribution is 7.92. The SMILES string of the molecule is CCCNC(=S)Nc1cc(S(=O)(=O)Nc2ccccc2OC)ccc1OC. The molecule has 3 N–H and O–H groups in total. The highest BCUT2D eigenvalue weighted by atomic mass is 32.2. The zero-order chi connectivity index (χ0) is 19.9. The normalized spacial score (nSPS) is 10.8. The topological polar surface area (TPSA) is 88.7 Å². The number of sulfonamides is 1. The van der Waals surface area contributed by atoms with Gasteiger partial charge in [0.1, 0.15) is 11.5 Å². The van der Waals surface area contributed by atoms with E-state index in [0.29, 0.717) is 34.5 Å². The second-order valence-electron chi connectivity index (χ2n) is 5.55. The predicted octanol–water partition coefficient (Wildman–Crippen LogP) is 3.20. The van der Waals surface area contributed by atoms with Crippen molar-refractivity contribution in [1.82, 2.24) is 5.32 Å². The number of nitrogens with one attached hydrogen (secondary N) is 3. The molecule has 0 aromatic heterocycles. The fourth-order valence-electron chi connectivity index (χ4n) is 2.29. The summed E-state index contributed by atoms with van der Waals surface area (Å²) in [5, 5.41) is 6.39. The van der Waals surface area contributed by atoms with Crippen LogP contribution in [-0.2, 0) is 10.0 Å². The third-order valence-corrected chi connectivity index (χ3v) is 5.23. The van der Waals surface area contributed by atoms with Crippen molar-refractivity contribution >= 4 is 38.7 Å². The average Bonchev–Trinajstić information content (AvgIpc) is 2.66. The molecule has 0 saturated heterocycles. The minimum Gasteiger partial charge on any atom is -0.495 e. The number of hydrogen-bond acceptors (Lipinski definition) is 5.